The lowest BCUT2D eigenvalue weighted by Gasteiger charge is -2.07. The van der Waals surface area contributed by atoms with Crippen LogP contribution in [0.1, 0.15) is 26.4 Å². The van der Waals surface area contributed by atoms with E-state index in [-0.39, 0.29) is 5.56 Å². The molecule has 0 saturated heterocycles. The number of rotatable bonds is 5. The highest BCUT2D eigenvalue weighted by Crippen LogP contribution is 2.12. The van der Waals surface area contributed by atoms with Gasteiger partial charge in [0.2, 0.25) is 0 Å². The minimum atomic E-state index is -0.617. The lowest BCUT2D eigenvalue weighted by Crippen LogP contribution is -2.14. The summed E-state index contributed by atoms with van der Waals surface area (Å²) in [5.41, 5.74) is 2.27. The number of carbonyl (C=O) groups is 2. The first-order chi connectivity index (χ1) is 12.0. The molecule has 1 heterocycles. The van der Waals surface area contributed by atoms with Gasteiger partial charge in [-0.1, -0.05) is 12.1 Å². The highest BCUT2D eigenvalue weighted by atomic mass is 19.1. The molecule has 0 fully saturated rings. The Morgan fingerprint density at radius 3 is 2.48 bits per heavy atom. The number of carbonyl (C=O) groups excluding carboxylic acids is 2. The van der Waals surface area contributed by atoms with E-state index in [1.165, 1.54) is 18.2 Å². The predicted octanol–water partition coefficient (Wildman–Crippen LogP) is 3.36. The Morgan fingerprint density at radius 1 is 1.08 bits per heavy atom. The fourth-order valence-electron chi connectivity index (χ4n) is 2.34. The van der Waals surface area contributed by atoms with E-state index >= 15 is 0 Å². The Morgan fingerprint density at radius 2 is 1.84 bits per heavy atom. The predicted molar refractivity (Wildman–Crippen MR) is 89.3 cm³/mol. The highest BCUT2D eigenvalue weighted by molar-refractivity contribution is 5.99. The summed E-state index contributed by atoms with van der Waals surface area (Å²) in [5, 5.41) is 4.19. The van der Waals surface area contributed by atoms with Crippen molar-refractivity contribution in [2.24, 2.45) is 0 Å². The molecule has 0 saturated carbocycles. The average molecular weight is 338 g/mol. The van der Waals surface area contributed by atoms with Crippen LogP contribution in [0, 0.1) is 12.7 Å². The molecule has 3 aromatic rings. The summed E-state index contributed by atoms with van der Waals surface area (Å²) in [6.45, 7) is 1.48. The zero-order valence-corrected chi connectivity index (χ0v) is 13.5. The highest BCUT2D eigenvalue weighted by Gasteiger charge is 2.13. The Bertz CT molecular complexity index is 916. The second-order valence-electron chi connectivity index (χ2n) is 5.44. The Kier molecular flexibility index (Phi) is 4.70. The third-order valence-corrected chi connectivity index (χ3v) is 3.66. The van der Waals surface area contributed by atoms with Gasteiger partial charge in [-0.3, -0.25) is 4.79 Å². The van der Waals surface area contributed by atoms with Crippen molar-refractivity contribution in [3.8, 4) is 5.69 Å². The average Bonchev–Trinajstić information content (AvgIpc) is 3.05. The number of halogens is 1. The van der Waals surface area contributed by atoms with Crippen molar-refractivity contribution in [2.75, 3.05) is 6.61 Å². The van der Waals surface area contributed by atoms with Crippen LogP contribution in [-0.2, 0) is 4.74 Å². The summed E-state index contributed by atoms with van der Waals surface area (Å²) in [4.78, 5) is 24.0. The van der Waals surface area contributed by atoms with E-state index in [9.17, 15) is 14.0 Å². The van der Waals surface area contributed by atoms with E-state index in [1.807, 2.05) is 13.0 Å². The number of aryl methyl sites for hydroxylation is 1. The second-order valence-corrected chi connectivity index (χ2v) is 5.44. The van der Waals surface area contributed by atoms with Crippen LogP contribution < -0.4 is 0 Å². The molecular formula is C19H15FN2O3. The number of benzene rings is 2. The van der Waals surface area contributed by atoms with Gasteiger partial charge in [0.15, 0.2) is 12.4 Å². The van der Waals surface area contributed by atoms with Crippen molar-refractivity contribution in [1.82, 2.24) is 9.78 Å². The van der Waals surface area contributed by atoms with E-state index in [2.05, 4.69) is 5.10 Å². The first-order valence-electron chi connectivity index (χ1n) is 7.61. The molecule has 3 rings (SSSR count). The molecular weight excluding hydrogens is 323 g/mol. The Hall–Kier alpha value is -3.28. The molecule has 1 aromatic heterocycles. The minimum Gasteiger partial charge on any atom is -0.454 e. The smallest absolute Gasteiger partial charge is 0.338 e. The van der Waals surface area contributed by atoms with E-state index in [1.54, 1.807) is 35.1 Å². The SMILES string of the molecule is Cc1ccnn1-c1ccc(C(=O)OCC(=O)c2cccc(F)c2)cc1. The number of nitrogens with zero attached hydrogens (tertiary/aromatic N) is 2. The first kappa shape index (κ1) is 16.6. The van der Waals surface area contributed by atoms with Crippen LogP contribution >= 0.6 is 0 Å². The molecule has 0 spiro atoms. The van der Waals surface area contributed by atoms with Crippen LogP contribution in [0.4, 0.5) is 4.39 Å². The molecule has 0 radical (unpaired) electrons. The number of ketones is 1. The van der Waals surface area contributed by atoms with Gasteiger partial charge < -0.3 is 4.74 Å². The summed E-state index contributed by atoms with van der Waals surface area (Å²) in [6, 6.07) is 13.8. The van der Waals surface area contributed by atoms with Crippen LogP contribution in [0.5, 0.6) is 0 Å². The molecule has 5 nitrogen and oxygen atoms in total. The third-order valence-electron chi connectivity index (χ3n) is 3.66. The number of aromatic nitrogens is 2. The Balaban J connectivity index is 1.63. The van der Waals surface area contributed by atoms with Crippen LogP contribution in [0.15, 0.2) is 60.8 Å². The van der Waals surface area contributed by atoms with Crippen molar-refractivity contribution in [2.45, 2.75) is 6.92 Å². The van der Waals surface area contributed by atoms with Gasteiger partial charge >= 0.3 is 5.97 Å². The van der Waals surface area contributed by atoms with E-state index < -0.39 is 24.2 Å². The van der Waals surface area contributed by atoms with Crippen molar-refractivity contribution in [1.29, 1.82) is 0 Å². The molecule has 0 atom stereocenters. The van der Waals surface area contributed by atoms with Crippen LogP contribution in [0.25, 0.3) is 5.69 Å². The van der Waals surface area contributed by atoms with Crippen LogP contribution in [0.2, 0.25) is 0 Å². The van der Waals surface area contributed by atoms with Gasteiger partial charge in [-0.15, -0.1) is 0 Å². The number of esters is 1. The standard InChI is InChI=1S/C19H15FN2O3/c1-13-9-10-21-22(13)17-7-5-14(6-8-17)19(24)25-12-18(23)15-3-2-4-16(20)11-15/h2-11H,12H2,1H3. The number of hydrogen-bond acceptors (Lipinski definition) is 4. The topological polar surface area (TPSA) is 61.2 Å². The molecule has 0 unspecified atom stereocenters. The molecule has 0 bridgehead atoms. The summed E-state index contributed by atoms with van der Waals surface area (Å²) in [7, 11) is 0. The fourth-order valence-corrected chi connectivity index (χ4v) is 2.34. The lowest BCUT2D eigenvalue weighted by molar-refractivity contribution is 0.0474. The second kappa shape index (κ2) is 7.09. The van der Waals surface area contributed by atoms with E-state index in [0.717, 1.165) is 17.4 Å². The summed E-state index contributed by atoms with van der Waals surface area (Å²) < 4.78 is 19.9. The fraction of sp³-hybridized carbons (Fsp3) is 0.105. The van der Waals surface area contributed by atoms with Crippen molar-refractivity contribution < 1.29 is 18.7 Å². The van der Waals surface area contributed by atoms with Gasteiger partial charge in [0, 0.05) is 17.5 Å². The number of Topliss-reactive ketones (excluding diaryl/α,β-unsaturated/α-hetero) is 1. The molecule has 0 aliphatic rings. The molecule has 0 N–H and O–H groups in total. The summed E-state index contributed by atoms with van der Waals surface area (Å²) in [5.74, 6) is -1.59. The first-order valence-corrected chi connectivity index (χ1v) is 7.61. The van der Waals surface area contributed by atoms with Gasteiger partial charge in [0.25, 0.3) is 0 Å². The van der Waals surface area contributed by atoms with Gasteiger partial charge in [-0.05, 0) is 49.4 Å². The molecule has 0 aliphatic heterocycles. The lowest BCUT2D eigenvalue weighted by atomic mass is 10.1. The summed E-state index contributed by atoms with van der Waals surface area (Å²) >= 11 is 0. The number of ether oxygens (including phenoxy) is 1. The zero-order chi connectivity index (χ0) is 17.8. The van der Waals surface area contributed by atoms with Crippen molar-refractivity contribution >= 4 is 11.8 Å². The maximum absolute atomic E-state index is 13.1. The van der Waals surface area contributed by atoms with Gasteiger partial charge in [0.05, 0.1) is 11.3 Å². The largest absolute Gasteiger partial charge is 0.454 e. The van der Waals surface area contributed by atoms with E-state index in [0.29, 0.717) is 5.56 Å². The quantitative estimate of drug-likeness (QED) is 0.529. The van der Waals surface area contributed by atoms with Crippen LogP contribution in [0.3, 0.4) is 0 Å². The van der Waals surface area contributed by atoms with Crippen molar-refractivity contribution in [3.63, 3.8) is 0 Å². The zero-order valence-electron chi connectivity index (χ0n) is 13.5. The molecule has 126 valence electrons. The maximum atomic E-state index is 13.1. The molecule has 25 heavy (non-hydrogen) atoms. The van der Waals surface area contributed by atoms with Gasteiger partial charge in [-0.25, -0.2) is 13.9 Å². The normalized spacial score (nSPS) is 10.5. The van der Waals surface area contributed by atoms with Gasteiger partial charge in [0.1, 0.15) is 5.82 Å². The maximum Gasteiger partial charge on any atom is 0.338 e. The molecule has 0 aliphatic carbocycles. The summed E-state index contributed by atoms with van der Waals surface area (Å²) in [6.07, 6.45) is 1.69. The van der Waals surface area contributed by atoms with Crippen molar-refractivity contribution in [3.05, 3.63) is 83.4 Å². The molecule has 0 amide bonds. The molecule has 6 heteroatoms. The Labute approximate surface area is 143 Å². The van der Waals surface area contributed by atoms with E-state index in [4.69, 9.17) is 4.74 Å². The third kappa shape index (κ3) is 3.80. The minimum absolute atomic E-state index is 0.164. The monoisotopic (exact) mass is 338 g/mol. The van der Waals surface area contributed by atoms with Crippen LogP contribution in [-0.4, -0.2) is 28.1 Å². The molecule has 2 aromatic carbocycles. The van der Waals surface area contributed by atoms with Gasteiger partial charge in [-0.2, -0.15) is 5.10 Å². The number of hydrogen-bond donors (Lipinski definition) is 0.